The first-order chi connectivity index (χ1) is 7.72. The summed E-state index contributed by atoms with van der Waals surface area (Å²) < 4.78 is 5.72. The molecular weight excluding hydrogens is 272 g/mol. The largest absolute Gasteiger partial charge is 0.461 e. The molecule has 2 heterocycles. The summed E-state index contributed by atoms with van der Waals surface area (Å²) in [5.41, 5.74) is 0.307. The van der Waals surface area contributed by atoms with Gasteiger partial charge in [0.05, 0.1) is 6.61 Å². The van der Waals surface area contributed by atoms with E-state index in [1.807, 2.05) is 0 Å². The lowest BCUT2D eigenvalue weighted by atomic mass is 10.2. The monoisotopic (exact) mass is 280 g/mol. The molecule has 0 aliphatic carbocycles. The first kappa shape index (κ1) is 11.0. The van der Waals surface area contributed by atoms with E-state index in [4.69, 9.17) is 4.74 Å². The highest BCUT2D eigenvalue weighted by Gasteiger charge is 2.09. The number of pyridine rings is 2. The van der Waals surface area contributed by atoms with Crippen molar-refractivity contribution in [2.24, 2.45) is 0 Å². The standard InChI is InChI=1S/C11H9BrN2O2/c1-2-16-11(15)10-3-8-7(5-14-10)4-13-6-9(8)12/h3-6H,2H2,1H3. The highest BCUT2D eigenvalue weighted by atomic mass is 79.9. The molecule has 2 rings (SSSR count). The van der Waals surface area contributed by atoms with Crippen molar-refractivity contribution < 1.29 is 9.53 Å². The second-order valence-electron chi connectivity index (χ2n) is 3.13. The van der Waals surface area contributed by atoms with Gasteiger partial charge in [-0.3, -0.25) is 4.98 Å². The molecule has 5 heteroatoms. The molecule has 0 saturated heterocycles. The molecular formula is C11H9BrN2O2. The second kappa shape index (κ2) is 4.57. The van der Waals surface area contributed by atoms with Gasteiger partial charge >= 0.3 is 5.97 Å². The molecule has 0 fully saturated rings. The molecule has 16 heavy (non-hydrogen) atoms. The lowest BCUT2D eigenvalue weighted by molar-refractivity contribution is 0.0520. The number of aromatic nitrogens is 2. The van der Waals surface area contributed by atoms with Crippen LogP contribution in [0.5, 0.6) is 0 Å². The van der Waals surface area contributed by atoms with Crippen LogP contribution in [0.1, 0.15) is 17.4 Å². The van der Waals surface area contributed by atoms with E-state index in [0.717, 1.165) is 15.2 Å². The number of carbonyl (C=O) groups is 1. The van der Waals surface area contributed by atoms with Gasteiger partial charge in [-0.2, -0.15) is 0 Å². The van der Waals surface area contributed by atoms with E-state index in [9.17, 15) is 4.79 Å². The van der Waals surface area contributed by atoms with E-state index >= 15 is 0 Å². The predicted molar refractivity (Wildman–Crippen MR) is 63.2 cm³/mol. The highest BCUT2D eigenvalue weighted by Crippen LogP contribution is 2.22. The molecule has 0 amide bonds. The Morgan fingerprint density at radius 1 is 1.44 bits per heavy atom. The third kappa shape index (κ3) is 2.04. The van der Waals surface area contributed by atoms with Crippen LogP contribution in [0.2, 0.25) is 0 Å². The lowest BCUT2D eigenvalue weighted by Crippen LogP contribution is -2.06. The van der Waals surface area contributed by atoms with Gasteiger partial charge in [0, 0.05) is 33.8 Å². The fourth-order valence-electron chi connectivity index (χ4n) is 1.34. The van der Waals surface area contributed by atoms with Gasteiger partial charge in [0.2, 0.25) is 0 Å². The maximum Gasteiger partial charge on any atom is 0.356 e. The number of ether oxygens (including phenoxy) is 1. The molecule has 0 spiro atoms. The van der Waals surface area contributed by atoms with E-state index in [-0.39, 0.29) is 0 Å². The van der Waals surface area contributed by atoms with E-state index in [1.54, 1.807) is 31.6 Å². The second-order valence-corrected chi connectivity index (χ2v) is 3.99. The highest BCUT2D eigenvalue weighted by molar-refractivity contribution is 9.10. The molecule has 2 aromatic rings. The van der Waals surface area contributed by atoms with Crippen molar-refractivity contribution in [1.82, 2.24) is 9.97 Å². The topological polar surface area (TPSA) is 52.1 Å². The molecule has 0 bridgehead atoms. The number of hydrogen-bond acceptors (Lipinski definition) is 4. The maximum absolute atomic E-state index is 11.5. The van der Waals surface area contributed by atoms with Crippen LogP contribution in [0.25, 0.3) is 10.8 Å². The van der Waals surface area contributed by atoms with Crippen molar-refractivity contribution >= 4 is 32.7 Å². The number of halogens is 1. The lowest BCUT2D eigenvalue weighted by Gasteiger charge is -2.03. The Morgan fingerprint density at radius 3 is 3.00 bits per heavy atom. The van der Waals surface area contributed by atoms with Gasteiger partial charge in [0.1, 0.15) is 5.69 Å². The molecule has 0 radical (unpaired) electrons. The van der Waals surface area contributed by atoms with E-state index in [1.165, 1.54) is 0 Å². The number of rotatable bonds is 2. The number of esters is 1. The summed E-state index contributed by atoms with van der Waals surface area (Å²) in [6, 6.07) is 1.69. The first-order valence-corrected chi connectivity index (χ1v) is 5.58. The quantitative estimate of drug-likeness (QED) is 0.794. The Labute approximate surface area is 101 Å². The predicted octanol–water partition coefficient (Wildman–Crippen LogP) is 2.57. The minimum absolute atomic E-state index is 0.307. The van der Waals surface area contributed by atoms with Crippen LogP contribution >= 0.6 is 15.9 Å². The van der Waals surface area contributed by atoms with Gasteiger partial charge in [-0.1, -0.05) is 0 Å². The van der Waals surface area contributed by atoms with Gasteiger partial charge in [0.25, 0.3) is 0 Å². The van der Waals surface area contributed by atoms with Crippen molar-refractivity contribution in [3.05, 3.63) is 34.8 Å². The minimum Gasteiger partial charge on any atom is -0.461 e. The number of carbonyl (C=O) groups excluding carboxylic acids is 1. The number of fused-ring (bicyclic) bond motifs is 1. The zero-order valence-corrected chi connectivity index (χ0v) is 10.2. The molecule has 0 aliphatic rings. The Kier molecular flexibility index (Phi) is 3.14. The zero-order chi connectivity index (χ0) is 11.5. The minimum atomic E-state index is -0.409. The molecule has 0 aromatic carbocycles. The fourth-order valence-corrected chi connectivity index (χ4v) is 1.81. The molecule has 0 unspecified atom stereocenters. The van der Waals surface area contributed by atoms with Crippen LogP contribution in [0.3, 0.4) is 0 Å². The molecule has 4 nitrogen and oxygen atoms in total. The summed E-state index contributed by atoms with van der Waals surface area (Å²) >= 11 is 3.38. The van der Waals surface area contributed by atoms with E-state index in [2.05, 4.69) is 25.9 Å². The molecule has 0 saturated carbocycles. The Morgan fingerprint density at radius 2 is 2.25 bits per heavy atom. The Balaban J connectivity index is 2.51. The van der Waals surface area contributed by atoms with Gasteiger partial charge in [-0.25, -0.2) is 9.78 Å². The van der Waals surface area contributed by atoms with Crippen molar-refractivity contribution in [3.63, 3.8) is 0 Å². The summed E-state index contributed by atoms with van der Waals surface area (Å²) in [6.07, 6.45) is 4.98. The van der Waals surface area contributed by atoms with Crippen LogP contribution < -0.4 is 0 Å². The maximum atomic E-state index is 11.5. The average molecular weight is 281 g/mol. The van der Waals surface area contributed by atoms with Gasteiger partial charge in [-0.05, 0) is 28.9 Å². The Bertz CT molecular complexity index is 542. The third-order valence-electron chi connectivity index (χ3n) is 2.08. The molecule has 0 N–H and O–H groups in total. The van der Waals surface area contributed by atoms with Crippen LogP contribution in [0.15, 0.2) is 29.1 Å². The molecule has 0 aliphatic heterocycles. The SMILES string of the molecule is CCOC(=O)c1cc2c(Br)cncc2cn1. The van der Waals surface area contributed by atoms with E-state index < -0.39 is 5.97 Å². The fraction of sp³-hybridized carbons (Fsp3) is 0.182. The normalized spacial score (nSPS) is 10.4. The molecule has 0 atom stereocenters. The zero-order valence-electron chi connectivity index (χ0n) is 8.61. The van der Waals surface area contributed by atoms with Crippen molar-refractivity contribution in [3.8, 4) is 0 Å². The number of hydrogen-bond donors (Lipinski definition) is 0. The van der Waals surface area contributed by atoms with Crippen molar-refractivity contribution in [1.29, 1.82) is 0 Å². The number of nitrogens with zero attached hydrogens (tertiary/aromatic N) is 2. The van der Waals surface area contributed by atoms with Crippen LogP contribution in [0.4, 0.5) is 0 Å². The summed E-state index contributed by atoms with van der Waals surface area (Å²) in [6.45, 7) is 2.11. The summed E-state index contributed by atoms with van der Waals surface area (Å²) in [4.78, 5) is 19.5. The van der Waals surface area contributed by atoms with Crippen molar-refractivity contribution in [2.45, 2.75) is 6.92 Å². The third-order valence-corrected chi connectivity index (χ3v) is 2.71. The molecule has 82 valence electrons. The Hall–Kier alpha value is -1.49. The first-order valence-electron chi connectivity index (χ1n) is 4.78. The van der Waals surface area contributed by atoms with Gasteiger partial charge < -0.3 is 4.74 Å². The molecule has 2 aromatic heterocycles. The summed E-state index contributed by atoms with van der Waals surface area (Å²) in [5.74, 6) is -0.409. The smallest absolute Gasteiger partial charge is 0.356 e. The van der Waals surface area contributed by atoms with Crippen LogP contribution in [-0.4, -0.2) is 22.5 Å². The van der Waals surface area contributed by atoms with Crippen molar-refractivity contribution in [2.75, 3.05) is 6.61 Å². The van der Waals surface area contributed by atoms with Gasteiger partial charge in [-0.15, -0.1) is 0 Å². The van der Waals surface area contributed by atoms with E-state index in [0.29, 0.717) is 12.3 Å². The summed E-state index contributed by atoms with van der Waals surface area (Å²) in [5, 5.41) is 1.77. The average Bonchev–Trinajstić information content (AvgIpc) is 2.29. The van der Waals surface area contributed by atoms with Gasteiger partial charge in [0.15, 0.2) is 0 Å². The summed E-state index contributed by atoms with van der Waals surface area (Å²) in [7, 11) is 0. The van der Waals surface area contributed by atoms with Crippen LogP contribution in [0, 0.1) is 0 Å². The van der Waals surface area contributed by atoms with Crippen LogP contribution in [-0.2, 0) is 4.74 Å².